The van der Waals surface area contributed by atoms with Crippen molar-refractivity contribution in [3.8, 4) is 17.2 Å². The van der Waals surface area contributed by atoms with Crippen molar-refractivity contribution in [1.29, 1.82) is 0 Å². The number of hydrogen-bond donors (Lipinski definition) is 2. The van der Waals surface area contributed by atoms with Gasteiger partial charge in [0.15, 0.2) is 17.2 Å². The van der Waals surface area contributed by atoms with Gasteiger partial charge in [0.05, 0.1) is 19.2 Å². The number of methoxy groups -OCH3 is 1. The minimum Gasteiger partial charge on any atom is -0.505 e. The van der Waals surface area contributed by atoms with E-state index in [1.807, 2.05) is 0 Å². The van der Waals surface area contributed by atoms with Crippen LogP contribution in [0.3, 0.4) is 0 Å². The predicted octanol–water partition coefficient (Wildman–Crippen LogP) is 2.74. The number of halogens is 1. The molecular formula is C22H21FN2O5. The van der Waals surface area contributed by atoms with Crippen molar-refractivity contribution >= 4 is 16.8 Å². The second-order valence-corrected chi connectivity index (χ2v) is 7.10. The molecule has 4 rings (SSSR count). The summed E-state index contributed by atoms with van der Waals surface area (Å²) in [5.74, 6) is -0.473. The molecule has 1 aromatic heterocycles. The van der Waals surface area contributed by atoms with E-state index in [-0.39, 0.29) is 23.6 Å². The lowest BCUT2D eigenvalue weighted by Crippen LogP contribution is -2.51. The van der Waals surface area contributed by atoms with Gasteiger partial charge in [-0.2, -0.15) is 0 Å². The number of aromatic hydroxyl groups is 1. The number of aliphatic hydroxyl groups is 1. The highest BCUT2D eigenvalue weighted by Gasteiger charge is 2.33. The molecular weight excluding hydrogens is 391 g/mol. The average molecular weight is 412 g/mol. The molecule has 1 saturated heterocycles. The van der Waals surface area contributed by atoms with E-state index in [0.717, 1.165) is 5.39 Å². The number of benzene rings is 2. The fourth-order valence-electron chi connectivity index (χ4n) is 3.61. The summed E-state index contributed by atoms with van der Waals surface area (Å²) in [5, 5.41) is 21.8. The molecule has 30 heavy (non-hydrogen) atoms. The van der Waals surface area contributed by atoms with Crippen LogP contribution in [0.5, 0.6) is 17.2 Å². The zero-order chi connectivity index (χ0) is 21.3. The molecule has 2 atom stereocenters. The van der Waals surface area contributed by atoms with Gasteiger partial charge in [0.25, 0.3) is 5.91 Å². The summed E-state index contributed by atoms with van der Waals surface area (Å²) in [4.78, 5) is 18.5. The van der Waals surface area contributed by atoms with Crippen LogP contribution in [0.4, 0.5) is 4.39 Å². The van der Waals surface area contributed by atoms with Crippen LogP contribution in [-0.2, 0) is 0 Å². The molecule has 2 aromatic carbocycles. The SMILES string of the molecule is COc1cc(F)ccc1O[C@@H]1CCN(C(=O)c2ccc3cccnc3c2O)C[C@H]1O. The van der Waals surface area contributed by atoms with Crippen molar-refractivity contribution in [3.63, 3.8) is 0 Å². The van der Waals surface area contributed by atoms with Crippen molar-refractivity contribution in [2.24, 2.45) is 0 Å². The number of fused-ring (bicyclic) bond motifs is 1. The summed E-state index contributed by atoms with van der Waals surface area (Å²) >= 11 is 0. The van der Waals surface area contributed by atoms with Gasteiger partial charge in [0.2, 0.25) is 0 Å². The van der Waals surface area contributed by atoms with Crippen LogP contribution in [0.1, 0.15) is 16.8 Å². The van der Waals surface area contributed by atoms with E-state index in [4.69, 9.17) is 9.47 Å². The Morgan fingerprint density at radius 2 is 2.07 bits per heavy atom. The highest BCUT2D eigenvalue weighted by molar-refractivity contribution is 6.02. The number of ether oxygens (including phenoxy) is 2. The number of hydrogen-bond acceptors (Lipinski definition) is 6. The van der Waals surface area contributed by atoms with Crippen LogP contribution >= 0.6 is 0 Å². The molecule has 3 aromatic rings. The molecule has 2 heterocycles. The van der Waals surface area contributed by atoms with Crippen LogP contribution in [0, 0.1) is 5.82 Å². The molecule has 0 radical (unpaired) electrons. The Labute approximate surface area is 172 Å². The van der Waals surface area contributed by atoms with Crippen molar-refractivity contribution in [3.05, 3.63) is 60.0 Å². The molecule has 0 aliphatic carbocycles. The topological polar surface area (TPSA) is 92.1 Å². The largest absolute Gasteiger partial charge is 0.505 e. The van der Waals surface area contributed by atoms with Gasteiger partial charge in [0, 0.05) is 30.6 Å². The maximum Gasteiger partial charge on any atom is 0.257 e. The van der Waals surface area contributed by atoms with Gasteiger partial charge in [-0.25, -0.2) is 4.39 Å². The number of pyridine rings is 1. The quantitative estimate of drug-likeness (QED) is 0.685. The average Bonchev–Trinajstić information content (AvgIpc) is 2.76. The highest BCUT2D eigenvalue weighted by atomic mass is 19.1. The summed E-state index contributed by atoms with van der Waals surface area (Å²) < 4.78 is 24.3. The van der Waals surface area contributed by atoms with Gasteiger partial charge >= 0.3 is 0 Å². The molecule has 7 nitrogen and oxygen atoms in total. The zero-order valence-corrected chi connectivity index (χ0v) is 16.3. The molecule has 0 bridgehead atoms. The van der Waals surface area contributed by atoms with Gasteiger partial charge in [0.1, 0.15) is 23.5 Å². The molecule has 8 heteroatoms. The number of aromatic nitrogens is 1. The Hall–Kier alpha value is -3.39. The Morgan fingerprint density at radius 3 is 2.83 bits per heavy atom. The second-order valence-electron chi connectivity index (χ2n) is 7.10. The number of carbonyl (C=O) groups is 1. The van der Waals surface area contributed by atoms with Gasteiger partial charge in [-0.15, -0.1) is 0 Å². The van der Waals surface area contributed by atoms with Crippen LogP contribution in [-0.4, -0.2) is 58.4 Å². The van der Waals surface area contributed by atoms with Crippen molar-refractivity contribution in [2.45, 2.75) is 18.6 Å². The van der Waals surface area contributed by atoms with E-state index in [2.05, 4.69) is 4.98 Å². The maximum atomic E-state index is 13.4. The summed E-state index contributed by atoms with van der Waals surface area (Å²) in [7, 11) is 1.41. The number of β-amino-alcohol motifs (C(OH)–C–C–N with tert-alkyl or cyclic N) is 1. The molecule has 1 aliphatic rings. The number of carbonyl (C=O) groups excluding carboxylic acids is 1. The van der Waals surface area contributed by atoms with Crippen LogP contribution < -0.4 is 9.47 Å². The lowest BCUT2D eigenvalue weighted by Gasteiger charge is -2.36. The monoisotopic (exact) mass is 412 g/mol. The Kier molecular flexibility index (Phi) is 5.41. The van der Waals surface area contributed by atoms with Crippen LogP contribution in [0.2, 0.25) is 0 Å². The van der Waals surface area contributed by atoms with Crippen LogP contribution in [0.25, 0.3) is 10.9 Å². The smallest absolute Gasteiger partial charge is 0.257 e. The molecule has 1 amide bonds. The molecule has 2 N–H and O–H groups in total. The molecule has 0 saturated carbocycles. The van der Waals surface area contributed by atoms with E-state index in [1.165, 1.54) is 30.2 Å². The second kappa shape index (κ2) is 8.16. The summed E-state index contributed by atoms with van der Waals surface area (Å²) in [6.45, 7) is 0.358. The summed E-state index contributed by atoms with van der Waals surface area (Å²) in [6.07, 6.45) is 0.366. The Balaban J connectivity index is 1.48. The lowest BCUT2D eigenvalue weighted by molar-refractivity contribution is -0.0207. The number of aliphatic hydroxyl groups excluding tert-OH is 1. The fraction of sp³-hybridized carbons (Fsp3) is 0.273. The molecule has 156 valence electrons. The summed E-state index contributed by atoms with van der Waals surface area (Å²) in [5.41, 5.74) is 0.485. The van der Waals surface area contributed by atoms with E-state index >= 15 is 0 Å². The first kappa shape index (κ1) is 19.9. The van der Waals surface area contributed by atoms with E-state index < -0.39 is 23.9 Å². The number of nitrogens with zero attached hydrogens (tertiary/aromatic N) is 2. The number of likely N-dealkylation sites (tertiary alicyclic amines) is 1. The minimum atomic E-state index is -0.960. The molecule has 0 unspecified atom stereocenters. The maximum absolute atomic E-state index is 13.4. The zero-order valence-electron chi connectivity index (χ0n) is 16.3. The number of phenolic OH excluding ortho intramolecular Hbond substituents is 1. The van der Waals surface area contributed by atoms with E-state index in [0.29, 0.717) is 24.2 Å². The van der Waals surface area contributed by atoms with E-state index in [9.17, 15) is 19.4 Å². The molecule has 1 aliphatic heterocycles. The third kappa shape index (κ3) is 3.73. The van der Waals surface area contributed by atoms with E-state index in [1.54, 1.807) is 30.5 Å². The van der Waals surface area contributed by atoms with Gasteiger partial charge in [-0.1, -0.05) is 12.1 Å². The van der Waals surface area contributed by atoms with Crippen molar-refractivity contribution < 1.29 is 28.9 Å². The fourth-order valence-corrected chi connectivity index (χ4v) is 3.61. The minimum absolute atomic E-state index is 0.0344. The highest BCUT2D eigenvalue weighted by Crippen LogP contribution is 2.32. The Bertz CT molecular complexity index is 1090. The lowest BCUT2D eigenvalue weighted by atomic mass is 10.0. The summed E-state index contributed by atoms with van der Waals surface area (Å²) in [6, 6.07) is 10.7. The third-order valence-electron chi connectivity index (χ3n) is 5.19. The van der Waals surface area contributed by atoms with Gasteiger partial charge < -0.3 is 24.6 Å². The van der Waals surface area contributed by atoms with Crippen molar-refractivity contribution in [1.82, 2.24) is 9.88 Å². The van der Waals surface area contributed by atoms with Crippen molar-refractivity contribution in [2.75, 3.05) is 20.2 Å². The number of rotatable bonds is 4. The first-order valence-electron chi connectivity index (χ1n) is 9.52. The first-order valence-corrected chi connectivity index (χ1v) is 9.52. The number of phenols is 1. The first-order chi connectivity index (χ1) is 14.5. The number of amides is 1. The van der Waals surface area contributed by atoms with Gasteiger partial charge in [-0.05, 0) is 24.3 Å². The van der Waals surface area contributed by atoms with Gasteiger partial charge in [-0.3, -0.25) is 9.78 Å². The normalized spacial score (nSPS) is 19.0. The molecule has 0 spiro atoms. The molecule has 1 fully saturated rings. The number of piperidine rings is 1. The standard InChI is InChI=1S/C22H21FN2O5/c1-29-19-11-14(23)5-7-18(19)30-17-8-10-25(12-16(17)26)22(28)15-6-4-13-3-2-9-24-20(13)21(15)27/h2-7,9,11,16-17,26-27H,8,10,12H2,1H3/t16-,17-/m1/s1. The Morgan fingerprint density at radius 1 is 1.23 bits per heavy atom. The third-order valence-corrected chi connectivity index (χ3v) is 5.19. The predicted molar refractivity (Wildman–Crippen MR) is 107 cm³/mol. The van der Waals surface area contributed by atoms with Crippen LogP contribution in [0.15, 0.2) is 48.7 Å².